The molecule has 0 bridgehead atoms. The van der Waals surface area contributed by atoms with Crippen molar-refractivity contribution in [1.82, 2.24) is 18.5 Å². The first-order valence-corrected chi connectivity index (χ1v) is 17.2. The van der Waals surface area contributed by atoms with Crippen molar-refractivity contribution in [2.75, 3.05) is 0 Å². The van der Waals surface area contributed by atoms with Gasteiger partial charge in [-0.1, -0.05) is 60.7 Å². The number of rotatable bonds is 2. The standard InChI is InChI=1S/C43H23BN4O3/c1-2-10-24(11-3-1)46-28-13-5-4-12-26(28)27-20-21-31-41(42(27)46)45-43-47(29-14-6-7-15-30(29)48(31)43)25-22-36-40-37(23-25)51-35-19-9-17-33-39(35)44(40)38-32(49-33)16-8-18-34(38)50-36/h1-23H. The van der Waals surface area contributed by atoms with Crippen molar-refractivity contribution < 1.29 is 14.2 Å². The molecule has 8 heteroatoms. The average Bonchev–Trinajstić information content (AvgIpc) is 3.82. The van der Waals surface area contributed by atoms with Crippen molar-refractivity contribution >= 4 is 72.8 Å². The Morgan fingerprint density at radius 2 is 1.02 bits per heavy atom. The summed E-state index contributed by atoms with van der Waals surface area (Å²) in [6, 6.07) is 48.5. The van der Waals surface area contributed by atoms with Gasteiger partial charge in [0.1, 0.15) is 40.0 Å². The summed E-state index contributed by atoms with van der Waals surface area (Å²) in [7, 11) is 0. The van der Waals surface area contributed by atoms with E-state index in [0.717, 1.165) is 101 Å². The highest BCUT2D eigenvalue weighted by Gasteiger charge is 2.46. The Morgan fingerprint density at radius 1 is 0.431 bits per heavy atom. The van der Waals surface area contributed by atoms with Crippen LogP contribution in [0.1, 0.15) is 0 Å². The van der Waals surface area contributed by atoms with Gasteiger partial charge in [-0.15, -0.1) is 0 Å². The van der Waals surface area contributed by atoms with Gasteiger partial charge in [-0.3, -0.25) is 8.97 Å². The van der Waals surface area contributed by atoms with Gasteiger partial charge in [0.05, 0.1) is 33.3 Å². The minimum atomic E-state index is -0.0404. The molecule has 0 unspecified atom stereocenters. The van der Waals surface area contributed by atoms with Crippen LogP contribution in [-0.4, -0.2) is 25.2 Å². The molecule has 0 spiro atoms. The van der Waals surface area contributed by atoms with Crippen molar-refractivity contribution in [3.05, 3.63) is 140 Å². The van der Waals surface area contributed by atoms with Gasteiger partial charge in [0.25, 0.3) is 6.71 Å². The van der Waals surface area contributed by atoms with E-state index in [1.54, 1.807) is 0 Å². The van der Waals surface area contributed by atoms with Crippen molar-refractivity contribution in [3.63, 3.8) is 0 Å². The monoisotopic (exact) mass is 654 g/mol. The SMILES string of the molecule is c1ccc(-n2c3ccccc3c3ccc4c(nc5n(-c6cc7c8c(c6)Oc6cccc9c6B8c6c(cccc6O7)O9)c6ccccc6n45)c32)cc1. The predicted octanol–water partition coefficient (Wildman–Crippen LogP) is 8.36. The van der Waals surface area contributed by atoms with Crippen LogP contribution in [0.2, 0.25) is 0 Å². The van der Waals surface area contributed by atoms with Crippen LogP contribution < -0.4 is 30.6 Å². The van der Waals surface area contributed by atoms with Gasteiger partial charge in [0, 0.05) is 45.0 Å². The summed E-state index contributed by atoms with van der Waals surface area (Å²) in [5.41, 5.74) is 11.5. The highest BCUT2D eigenvalue weighted by Crippen LogP contribution is 2.44. The molecule has 0 amide bonds. The molecule has 3 aliphatic rings. The summed E-state index contributed by atoms with van der Waals surface area (Å²) in [4.78, 5) is 5.53. The lowest BCUT2D eigenvalue weighted by Crippen LogP contribution is -2.59. The van der Waals surface area contributed by atoms with E-state index in [1.807, 2.05) is 36.4 Å². The van der Waals surface area contributed by atoms with Crippen molar-refractivity contribution in [1.29, 1.82) is 0 Å². The van der Waals surface area contributed by atoms with Crippen LogP contribution >= 0.6 is 0 Å². The lowest BCUT2D eigenvalue weighted by Gasteiger charge is -2.37. The molecule has 0 radical (unpaired) electrons. The second-order valence-corrected chi connectivity index (χ2v) is 13.5. The molecule has 0 aliphatic carbocycles. The number of hydrogen-bond acceptors (Lipinski definition) is 4. The van der Waals surface area contributed by atoms with Crippen molar-refractivity contribution in [2.24, 2.45) is 0 Å². The molecule has 7 aromatic carbocycles. The average molecular weight is 654 g/mol. The zero-order valence-corrected chi connectivity index (χ0v) is 26.9. The van der Waals surface area contributed by atoms with Gasteiger partial charge in [0.2, 0.25) is 5.78 Å². The quantitative estimate of drug-likeness (QED) is 0.176. The van der Waals surface area contributed by atoms with E-state index in [4.69, 9.17) is 19.2 Å². The third-order valence-corrected chi connectivity index (χ3v) is 10.9. The molecule has 51 heavy (non-hydrogen) atoms. The maximum atomic E-state index is 6.72. The fourth-order valence-electron chi connectivity index (χ4n) is 8.95. The number of benzene rings is 7. The van der Waals surface area contributed by atoms with Crippen LogP contribution in [0.25, 0.3) is 61.0 Å². The second kappa shape index (κ2) is 8.99. The van der Waals surface area contributed by atoms with E-state index in [-0.39, 0.29) is 6.71 Å². The highest BCUT2D eigenvalue weighted by molar-refractivity contribution is 6.99. The van der Waals surface area contributed by atoms with Crippen LogP contribution in [0.3, 0.4) is 0 Å². The van der Waals surface area contributed by atoms with Crippen LogP contribution in [0.4, 0.5) is 0 Å². The largest absolute Gasteiger partial charge is 0.458 e. The summed E-state index contributed by atoms with van der Waals surface area (Å²) in [6.07, 6.45) is 0. The van der Waals surface area contributed by atoms with E-state index >= 15 is 0 Å². The predicted molar refractivity (Wildman–Crippen MR) is 202 cm³/mol. The Balaban J connectivity index is 1.13. The Labute approximate surface area is 290 Å². The molecule has 236 valence electrons. The lowest BCUT2D eigenvalue weighted by molar-refractivity contribution is 0.442. The van der Waals surface area contributed by atoms with E-state index in [0.29, 0.717) is 0 Å². The molecule has 0 fully saturated rings. The Kier molecular flexibility index (Phi) is 4.59. The first-order chi connectivity index (χ1) is 25.3. The molecule has 3 aliphatic heterocycles. The summed E-state index contributed by atoms with van der Waals surface area (Å²) in [5.74, 6) is 5.63. The summed E-state index contributed by atoms with van der Waals surface area (Å²) in [5, 5.41) is 2.37. The molecular weight excluding hydrogens is 631 g/mol. The van der Waals surface area contributed by atoms with E-state index in [1.165, 1.54) is 10.8 Å². The molecule has 3 aromatic heterocycles. The smallest absolute Gasteiger partial charge is 0.270 e. The second-order valence-electron chi connectivity index (χ2n) is 13.5. The van der Waals surface area contributed by atoms with E-state index in [2.05, 4.69) is 117 Å². The third kappa shape index (κ3) is 3.14. The lowest BCUT2D eigenvalue weighted by atomic mass is 9.34. The number of imidazole rings is 2. The fourth-order valence-corrected chi connectivity index (χ4v) is 8.95. The number of aromatic nitrogens is 4. The highest BCUT2D eigenvalue weighted by atomic mass is 16.5. The normalized spacial score (nSPS) is 13.5. The van der Waals surface area contributed by atoms with Crippen LogP contribution in [-0.2, 0) is 0 Å². The first kappa shape index (κ1) is 26.0. The van der Waals surface area contributed by atoms with Crippen molar-refractivity contribution in [2.45, 2.75) is 0 Å². The number of fused-ring (bicyclic) bond motifs is 9. The van der Waals surface area contributed by atoms with Gasteiger partial charge in [-0.2, -0.15) is 0 Å². The number of para-hydroxylation sites is 4. The number of hydrogen-bond donors (Lipinski definition) is 0. The molecule has 0 saturated carbocycles. The van der Waals surface area contributed by atoms with E-state index < -0.39 is 0 Å². The van der Waals surface area contributed by atoms with Gasteiger partial charge >= 0.3 is 0 Å². The molecule has 7 nitrogen and oxygen atoms in total. The summed E-state index contributed by atoms with van der Waals surface area (Å²) < 4.78 is 26.7. The topological polar surface area (TPSA) is 54.8 Å². The summed E-state index contributed by atoms with van der Waals surface area (Å²) >= 11 is 0. The molecule has 0 atom stereocenters. The maximum absolute atomic E-state index is 6.72. The van der Waals surface area contributed by atoms with Crippen molar-refractivity contribution in [3.8, 4) is 45.9 Å². The Bertz CT molecular complexity index is 3120. The van der Waals surface area contributed by atoms with E-state index in [9.17, 15) is 0 Å². The zero-order chi connectivity index (χ0) is 32.9. The van der Waals surface area contributed by atoms with Gasteiger partial charge in [-0.05, 0) is 66.7 Å². The van der Waals surface area contributed by atoms with Crippen LogP contribution in [0, 0.1) is 0 Å². The van der Waals surface area contributed by atoms with Crippen LogP contribution in [0.15, 0.2) is 140 Å². The minimum Gasteiger partial charge on any atom is -0.458 e. The molecule has 10 aromatic rings. The molecule has 6 heterocycles. The third-order valence-electron chi connectivity index (χ3n) is 10.9. The number of nitrogens with zero attached hydrogens (tertiary/aromatic N) is 4. The molecule has 13 rings (SSSR count). The molecular formula is C43H23BN4O3. The number of ether oxygens (including phenoxy) is 3. The first-order valence-electron chi connectivity index (χ1n) is 17.2. The maximum Gasteiger partial charge on any atom is 0.270 e. The Morgan fingerprint density at radius 3 is 1.73 bits per heavy atom. The molecule has 0 saturated heterocycles. The molecule has 0 N–H and O–H groups in total. The summed E-state index contributed by atoms with van der Waals surface area (Å²) in [6.45, 7) is -0.0404. The van der Waals surface area contributed by atoms with Gasteiger partial charge in [0.15, 0.2) is 0 Å². The fraction of sp³-hybridized carbons (Fsp3) is 0. The Hall–Kier alpha value is -6.93. The van der Waals surface area contributed by atoms with Gasteiger partial charge < -0.3 is 18.8 Å². The van der Waals surface area contributed by atoms with Gasteiger partial charge in [-0.25, -0.2) is 4.98 Å². The zero-order valence-electron chi connectivity index (χ0n) is 26.9. The van der Waals surface area contributed by atoms with Crippen LogP contribution in [0.5, 0.6) is 34.5 Å². The minimum absolute atomic E-state index is 0.0404.